The van der Waals surface area contributed by atoms with Crippen LogP contribution in [0.3, 0.4) is 0 Å². The second-order valence-electron chi connectivity index (χ2n) is 3.84. The van der Waals surface area contributed by atoms with Crippen molar-refractivity contribution in [3.05, 3.63) is 24.3 Å². The van der Waals surface area contributed by atoms with E-state index in [0.29, 0.717) is 11.4 Å². The van der Waals surface area contributed by atoms with Crippen LogP contribution in [0.4, 0.5) is 5.69 Å². The summed E-state index contributed by atoms with van der Waals surface area (Å²) in [4.78, 5) is 13.5. The molecule has 1 amide bonds. The number of rotatable bonds is 4. The highest BCUT2D eigenvalue weighted by Gasteiger charge is 2.22. The number of carbonyl (C=O) groups is 1. The Hall–Kier alpha value is -2.24. The van der Waals surface area contributed by atoms with Crippen molar-refractivity contribution in [1.82, 2.24) is 0 Å². The molecule has 0 fully saturated rings. The lowest BCUT2D eigenvalue weighted by Gasteiger charge is -2.21. The number of anilines is 1. The lowest BCUT2D eigenvalue weighted by Crippen LogP contribution is -2.38. The lowest BCUT2D eigenvalue weighted by atomic mass is 10.1. The minimum absolute atomic E-state index is 0.111. The number of hydrogen-bond acceptors (Lipinski definition) is 4. The molecule has 1 rings (SSSR count). The largest absolute Gasteiger partial charge is 0.497 e. The third-order valence-electron chi connectivity index (χ3n) is 2.72. The van der Waals surface area contributed by atoms with E-state index in [0.717, 1.165) is 0 Å². The highest BCUT2D eigenvalue weighted by atomic mass is 16.5. The maximum atomic E-state index is 12.0. The van der Waals surface area contributed by atoms with Gasteiger partial charge in [0.15, 0.2) is 5.84 Å². The molecular formula is C12H17N3O3. The molecule has 1 atom stereocenters. The number of nitrogens with zero attached hydrogens (tertiary/aromatic N) is 2. The van der Waals surface area contributed by atoms with Crippen molar-refractivity contribution in [2.24, 2.45) is 16.8 Å². The number of nitrogens with two attached hydrogens (primary N) is 1. The normalized spacial score (nSPS) is 12.9. The molecule has 0 heterocycles. The predicted octanol–water partition coefficient (Wildman–Crippen LogP) is 1.04. The molecule has 0 aromatic heterocycles. The average molecular weight is 251 g/mol. The van der Waals surface area contributed by atoms with Crippen molar-refractivity contribution in [3.63, 3.8) is 0 Å². The van der Waals surface area contributed by atoms with Gasteiger partial charge in [0.2, 0.25) is 5.91 Å². The van der Waals surface area contributed by atoms with Gasteiger partial charge in [-0.25, -0.2) is 0 Å². The molecule has 0 saturated carbocycles. The number of ether oxygens (including phenoxy) is 1. The first-order valence-electron chi connectivity index (χ1n) is 5.40. The molecule has 3 N–H and O–H groups in total. The fourth-order valence-corrected chi connectivity index (χ4v) is 1.44. The van der Waals surface area contributed by atoms with Gasteiger partial charge in [-0.1, -0.05) is 5.16 Å². The third kappa shape index (κ3) is 2.91. The van der Waals surface area contributed by atoms with E-state index < -0.39 is 5.92 Å². The van der Waals surface area contributed by atoms with E-state index in [1.807, 2.05) is 0 Å². The van der Waals surface area contributed by atoms with Crippen LogP contribution in [0.15, 0.2) is 29.4 Å². The second-order valence-corrected chi connectivity index (χ2v) is 3.84. The highest BCUT2D eigenvalue weighted by molar-refractivity contribution is 6.08. The van der Waals surface area contributed by atoms with Crippen LogP contribution in [0, 0.1) is 5.92 Å². The van der Waals surface area contributed by atoms with Gasteiger partial charge in [0.25, 0.3) is 0 Å². The number of benzene rings is 1. The fourth-order valence-electron chi connectivity index (χ4n) is 1.44. The van der Waals surface area contributed by atoms with Crippen molar-refractivity contribution in [1.29, 1.82) is 0 Å². The van der Waals surface area contributed by atoms with Crippen LogP contribution in [-0.2, 0) is 4.79 Å². The number of oxime groups is 1. The Morgan fingerprint density at radius 3 is 2.44 bits per heavy atom. The topological polar surface area (TPSA) is 88.2 Å². The number of hydrogen-bond donors (Lipinski definition) is 2. The zero-order valence-electron chi connectivity index (χ0n) is 10.6. The summed E-state index contributed by atoms with van der Waals surface area (Å²) in [6.07, 6.45) is 0. The summed E-state index contributed by atoms with van der Waals surface area (Å²) in [7, 11) is 3.20. The van der Waals surface area contributed by atoms with Crippen molar-refractivity contribution in [2.75, 3.05) is 19.1 Å². The van der Waals surface area contributed by atoms with Gasteiger partial charge in [-0.05, 0) is 31.2 Å². The lowest BCUT2D eigenvalue weighted by molar-refractivity contribution is -0.119. The molecule has 0 aliphatic rings. The first kappa shape index (κ1) is 13.8. The molecule has 0 bridgehead atoms. The van der Waals surface area contributed by atoms with Gasteiger partial charge < -0.3 is 20.6 Å². The average Bonchev–Trinajstić information content (AvgIpc) is 2.44. The van der Waals surface area contributed by atoms with Crippen LogP contribution in [0.2, 0.25) is 0 Å². The summed E-state index contributed by atoms with van der Waals surface area (Å²) in [5.41, 5.74) is 6.12. The van der Waals surface area contributed by atoms with E-state index in [9.17, 15) is 4.79 Å². The molecule has 0 radical (unpaired) electrons. The van der Waals surface area contributed by atoms with Gasteiger partial charge in [-0.15, -0.1) is 0 Å². The number of carbonyl (C=O) groups excluding carboxylic acids is 1. The molecule has 1 unspecified atom stereocenters. The monoisotopic (exact) mass is 251 g/mol. The van der Waals surface area contributed by atoms with Crippen molar-refractivity contribution in [3.8, 4) is 5.75 Å². The summed E-state index contributed by atoms with van der Waals surface area (Å²) < 4.78 is 5.04. The van der Waals surface area contributed by atoms with Crippen LogP contribution in [0.5, 0.6) is 5.75 Å². The molecule has 0 saturated heterocycles. The Kier molecular flexibility index (Phi) is 4.53. The predicted molar refractivity (Wildman–Crippen MR) is 69.0 cm³/mol. The maximum Gasteiger partial charge on any atom is 0.237 e. The van der Waals surface area contributed by atoms with Crippen LogP contribution in [0.25, 0.3) is 0 Å². The first-order valence-corrected chi connectivity index (χ1v) is 5.40. The highest BCUT2D eigenvalue weighted by Crippen LogP contribution is 2.19. The fraction of sp³-hybridized carbons (Fsp3) is 0.333. The third-order valence-corrected chi connectivity index (χ3v) is 2.72. The van der Waals surface area contributed by atoms with Gasteiger partial charge in [0.05, 0.1) is 13.0 Å². The smallest absolute Gasteiger partial charge is 0.237 e. The Morgan fingerprint density at radius 2 is 2.00 bits per heavy atom. The van der Waals surface area contributed by atoms with E-state index in [1.165, 1.54) is 4.90 Å². The van der Waals surface area contributed by atoms with Crippen LogP contribution < -0.4 is 15.4 Å². The van der Waals surface area contributed by atoms with Crippen molar-refractivity contribution in [2.45, 2.75) is 6.92 Å². The van der Waals surface area contributed by atoms with Gasteiger partial charge in [0, 0.05) is 12.7 Å². The Balaban J connectivity index is 2.85. The van der Waals surface area contributed by atoms with Crippen LogP contribution in [0.1, 0.15) is 6.92 Å². The zero-order chi connectivity index (χ0) is 13.7. The van der Waals surface area contributed by atoms with Crippen molar-refractivity contribution >= 4 is 17.4 Å². The molecule has 1 aromatic carbocycles. The van der Waals surface area contributed by atoms with Gasteiger partial charge in [0.1, 0.15) is 5.75 Å². The quantitative estimate of drug-likeness (QED) is 0.362. The molecule has 0 aliphatic carbocycles. The minimum atomic E-state index is -0.679. The van der Waals surface area contributed by atoms with E-state index in [-0.39, 0.29) is 11.7 Å². The SMILES string of the molecule is COc1ccc(N(C)C(=O)C(C)C(N)=NO)cc1. The number of amides is 1. The molecule has 0 spiro atoms. The molecule has 6 heteroatoms. The molecular weight excluding hydrogens is 234 g/mol. The number of amidine groups is 1. The van der Waals surface area contributed by atoms with Crippen LogP contribution >= 0.6 is 0 Å². The standard InChI is InChI=1S/C12H17N3O3/c1-8(11(13)14-17)12(16)15(2)9-4-6-10(18-3)7-5-9/h4-8,17H,1-3H3,(H2,13,14). The maximum absolute atomic E-state index is 12.0. The molecule has 1 aromatic rings. The van der Waals surface area contributed by atoms with Crippen LogP contribution in [-0.4, -0.2) is 31.1 Å². The molecule has 0 aliphatic heterocycles. The van der Waals surface area contributed by atoms with Gasteiger partial charge in [-0.3, -0.25) is 4.79 Å². The molecule has 6 nitrogen and oxygen atoms in total. The molecule has 18 heavy (non-hydrogen) atoms. The molecule has 98 valence electrons. The Morgan fingerprint density at radius 1 is 1.44 bits per heavy atom. The van der Waals surface area contributed by atoms with E-state index >= 15 is 0 Å². The summed E-state index contributed by atoms with van der Waals surface area (Å²) in [6.45, 7) is 1.58. The van der Waals surface area contributed by atoms with E-state index in [4.69, 9.17) is 15.7 Å². The Labute approximate surface area is 106 Å². The van der Waals surface area contributed by atoms with Gasteiger partial charge >= 0.3 is 0 Å². The van der Waals surface area contributed by atoms with Gasteiger partial charge in [-0.2, -0.15) is 0 Å². The summed E-state index contributed by atoms with van der Waals surface area (Å²) in [5.74, 6) is -0.331. The summed E-state index contributed by atoms with van der Waals surface area (Å²) in [5, 5.41) is 11.4. The minimum Gasteiger partial charge on any atom is -0.497 e. The zero-order valence-corrected chi connectivity index (χ0v) is 10.6. The van der Waals surface area contributed by atoms with E-state index in [2.05, 4.69) is 5.16 Å². The number of methoxy groups -OCH3 is 1. The second kappa shape index (κ2) is 5.90. The summed E-state index contributed by atoms with van der Waals surface area (Å²) in [6, 6.07) is 7.03. The summed E-state index contributed by atoms with van der Waals surface area (Å²) >= 11 is 0. The van der Waals surface area contributed by atoms with Crippen molar-refractivity contribution < 1.29 is 14.7 Å². The first-order chi connectivity index (χ1) is 8.51. The van der Waals surface area contributed by atoms with E-state index in [1.54, 1.807) is 45.3 Å². The Bertz CT molecular complexity index is 442.